The lowest BCUT2D eigenvalue weighted by atomic mass is 10.0. The summed E-state index contributed by atoms with van der Waals surface area (Å²) in [5.41, 5.74) is 2.15. The maximum absolute atomic E-state index is 11.4. The van der Waals surface area contributed by atoms with Crippen LogP contribution >= 0.6 is 69.6 Å². The van der Waals surface area contributed by atoms with Gasteiger partial charge in [0.25, 0.3) is 0 Å². The number of hydrogen-bond acceptors (Lipinski definition) is 2. The molecule has 0 radical (unpaired) electrons. The van der Waals surface area contributed by atoms with Crippen molar-refractivity contribution in [3.8, 4) is 22.5 Å². The van der Waals surface area contributed by atoms with Crippen molar-refractivity contribution >= 4 is 75.9 Å². The molecule has 2 nitrogen and oxygen atoms in total. The van der Waals surface area contributed by atoms with Crippen molar-refractivity contribution in [2.24, 2.45) is 0 Å². The van der Waals surface area contributed by atoms with E-state index in [1.54, 1.807) is 24.3 Å². The van der Waals surface area contributed by atoms with Crippen LogP contribution in [-0.4, -0.2) is 11.3 Å². The van der Waals surface area contributed by atoms with E-state index in [0.717, 1.165) is 0 Å². The lowest BCUT2D eigenvalue weighted by molar-refractivity contribution is 0.112. The van der Waals surface area contributed by atoms with Gasteiger partial charge in [0, 0.05) is 26.7 Å². The fourth-order valence-electron chi connectivity index (χ4n) is 2.38. The van der Waals surface area contributed by atoms with E-state index in [9.17, 15) is 4.79 Å². The first kappa shape index (κ1) is 19.8. The second-order valence-electron chi connectivity index (χ2n) is 5.29. The summed E-state index contributed by atoms with van der Waals surface area (Å²) in [5.74, 6) is 0. The van der Waals surface area contributed by atoms with Crippen LogP contribution in [-0.2, 0) is 0 Å². The van der Waals surface area contributed by atoms with Gasteiger partial charge < -0.3 is 0 Å². The average molecular weight is 466 g/mol. The lowest BCUT2D eigenvalue weighted by Gasteiger charge is -2.12. The smallest absolute Gasteiger partial charge is 0.150 e. The quantitative estimate of drug-likeness (QED) is 0.288. The third-order valence-electron chi connectivity index (χ3n) is 3.52. The predicted octanol–water partition coefficient (Wildman–Crippen LogP) is 8.15. The Bertz CT molecular complexity index is 959. The maximum atomic E-state index is 11.4. The number of aromatic nitrogens is 1. The van der Waals surface area contributed by atoms with E-state index in [-0.39, 0.29) is 20.1 Å². The summed E-state index contributed by atoms with van der Waals surface area (Å²) >= 11 is 36.9. The van der Waals surface area contributed by atoms with Gasteiger partial charge in [0.1, 0.15) is 6.29 Å². The number of aldehydes is 1. The molecular weight excluding hydrogens is 459 g/mol. The fourth-order valence-corrected chi connectivity index (χ4v) is 3.78. The van der Waals surface area contributed by atoms with E-state index >= 15 is 0 Å². The third-order valence-corrected chi connectivity index (χ3v) is 5.56. The first-order valence-corrected chi connectivity index (χ1v) is 9.34. The minimum Gasteiger partial charge on any atom is -0.298 e. The highest BCUT2D eigenvalue weighted by Crippen LogP contribution is 2.39. The summed E-state index contributed by atoms with van der Waals surface area (Å²) in [6.07, 6.45) is 0.689. The SMILES string of the molecule is O=Cc1cc(-c2cc(Cl)cc(Cl)c2Cl)nc(-c2cc(Cl)cc(Cl)c2Cl)c1. The van der Waals surface area contributed by atoms with Gasteiger partial charge in [-0.25, -0.2) is 4.98 Å². The van der Waals surface area contributed by atoms with Gasteiger partial charge in [-0.05, 0) is 36.4 Å². The number of halogens is 6. The van der Waals surface area contributed by atoms with Crippen LogP contribution in [0, 0.1) is 0 Å². The molecule has 2 aromatic carbocycles. The van der Waals surface area contributed by atoms with Gasteiger partial charge in [-0.2, -0.15) is 0 Å². The standard InChI is InChI=1S/C18H7Cl6NO/c19-9-3-11(17(23)13(21)5-9)15-1-8(7-26)2-16(25-15)12-4-10(20)6-14(22)18(12)24/h1-7H. The Kier molecular flexibility index (Phi) is 6.03. The molecule has 0 aliphatic rings. The number of benzene rings is 2. The minimum absolute atomic E-state index is 0.271. The van der Waals surface area contributed by atoms with Crippen LogP contribution in [0.1, 0.15) is 10.4 Å². The minimum atomic E-state index is 0.271. The fraction of sp³-hybridized carbons (Fsp3) is 0. The number of carbonyl (C=O) groups is 1. The van der Waals surface area contributed by atoms with Crippen LogP contribution in [0.3, 0.4) is 0 Å². The second-order valence-corrected chi connectivity index (χ2v) is 7.73. The van der Waals surface area contributed by atoms with E-state index in [1.807, 2.05) is 0 Å². The molecule has 0 N–H and O–H groups in total. The van der Waals surface area contributed by atoms with Crippen LogP contribution in [0.5, 0.6) is 0 Å². The van der Waals surface area contributed by atoms with Crippen LogP contribution in [0.25, 0.3) is 22.5 Å². The van der Waals surface area contributed by atoms with Gasteiger partial charge in [0.15, 0.2) is 0 Å². The van der Waals surface area contributed by atoms with Crippen molar-refractivity contribution in [3.63, 3.8) is 0 Å². The Morgan fingerprint density at radius 2 is 1.08 bits per heavy atom. The van der Waals surface area contributed by atoms with Crippen LogP contribution < -0.4 is 0 Å². The van der Waals surface area contributed by atoms with Gasteiger partial charge >= 0.3 is 0 Å². The summed E-state index contributed by atoms with van der Waals surface area (Å²) in [6, 6.07) is 9.42. The Balaban J connectivity index is 2.29. The van der Waals surface area contributed by atoms with Gasteiger partial charge in [-0.15, -0.1) is 0 Å². The molecule has 3 aromatic rings. The zero-order chi connectivity index (χ0) is 19.0. The first-order valence-electron chi connectivity index (χ1n) is 7.07. The van der Waals surface area contributed by atoms with Gasteiger partial charge in [0.05, 0.1) is 31.5 Å². The Labute approximate surface area is 179 Å². The second kappa shape index (κ2) is 7.93. The molecule has 0 aliphatic carbocycles. The highest BCUT2D eigenvalue weighted by molar-refractivity contribution is 6.45. The van der Waals surface area contributed by atoms with Crippen molar-refractivity contribution in [1.29, 1.82) is 0 Å². The molecule has 0 spiro atoms. The Morgan fingerprint density at radius 1 is 0.654 bits per heavy atom. The first-order chi connectivity index (χ1) is 12.3. The normalized spacial score (nSPS) is 10.8. The third kappa shape index (κ3) is 3.96. The molecule has 1 aromatic heterocycles. The highest BCUT2D eigenvalue weighted by Gasteiger charge is 2.16. The predicted molar refractivity (Wildman–Crippen MR) is 111 cm³/mol. The maximum Gasteiger partial charge on any atom is 0.150 e. The molecular formula is C18H7Cl6NO. The molecule has 1 heterocycles. The number of pyridine rings is 1. The van der Waals surface area contributed by atoms with Crippen LogP contribution in [0.4, 0.5) is 0 Å². The molecule has 0 atom stereocenters. The number of carbonyl (C=O) groups excluding carboxylic acids is 1. The number of hydrogen-bond donors (Lipinski definition) is 0. The van der Waals surface area contributed by atoms with E-state index < -0.39 is 0 Å². The van der Waals surface area contributed by atoms with Crippen molar-refractivity contribution in [2.75, 3.05) is 0 Å². The van der Waals surface area contributed by atoms with E-state index in [1.165, 1.54) is 12.1 Å². The Hall–Kier alpha value is -1.000. The molecule has 0 amide bonds. The highest BCUT2D eigenvalue weighted by atomic mass is 35.5. The average Bonchev–Trinajstić information content (AvgIpc) is 2.60. The summed E-state index contributed by atoms with van der Waals surface area (Å²) in [7, 11) is 0. The van der Waals surface area contributed by atoms with Gasteiger partial charge in [-0.3, -0.25) is 4.79 Å². The largest absolute Gasteiger partial charge is 0.298 e. The molecule has 0 fully saturated rings. The molecule has 132 valence electrons. The molecule has 0 saturated heterocycles. The summed E-state index contributed by atoms with van der Waals surface area (Å²) < 4.78 is 0. The monoisotopic (exact) mass is 463 g/mol. The van der Waals surface area contributed by atoms with Crippen molar-refractivity contribution in [2.45, 2.75) is 0 Å². The van der Waals surface area contributed by atoms with E-state index in [4.69, 9.17) is 69.6 Å². The van der Waals surface area contributed by atoms with Gasteiger partial charge in [-0.1, -0.05) is 69.6 Å². The van der Waals surface area contributed by atoms with E-state index in [0.29, 0.717) is 44.4 Å². The van der Waals surface area contributed by atoms with Crippen LogP contribution in [0.2, 0.25) is 30.1 Å². The molecule has 0 saturated carbocycles. The van der Waals surface area contributed by atoms with Crippen LogP contribution in [0.15, 0.2) is 36.4 Å². The molecule has 0 aliphatic heterocycles. The van der Waals surface area contributed by atoms with Crippen molar-refractivity contribution in [1.82, 2.24) is 4.98 Å². The summed E-state index contributed by atoms with van der Waals surface area (Å²) in [6.45, 7) is 0. The number of rotatable bonds is 3. The summed E-state index contributed by atoms with van der Waals surface area (Å²) in [4.78, 5) is 16.0. The molecule has 3 rings (SSSR count). The van der Waals surface area contributed by atoms with E-state index in [2.05, 4.69) is 4.98 Å². The lowest BCUT2D eigenvalue weighted by Crippen LogP contribution is -1.94. The summed E-state index contributed by atoms with van der Waals surface area (Å²) in [5, 5.41) is 1.87. The molecule has 8 heteroatoms. The topological polar surface area (TPSA) is 30.0 Å². The number of nitrogens with zero attached hydrogens (tertiary/aromatic N) is 1. The van der Waals surface area contributed by atoms with Crippen molar-refractivity contribution < 1.29 is 4.79 Å². The zero-order valence-corrected chi connectivity index (χ0v) is 17.2. The van der Waals surface area contributed by atoms with Gasteiger partial charge in [0.2, 0.25) is 0 Å². The zero-order valence-electron chi connectivity index (χ0n) is 12.7. The molecule has 0 unspecified atom stereocenters. The molecule has 0 bridgehead atoms. The Morgan fingerprint density at radius 3 is 1.46 bits per heavy atom. The molecule has 26 heavy (non-hydrogen) atoms. The van der Waals surface area contributed by atoms with Crippen molar-refractivity contribution in [3.05, 3.63) is 72.1 Å².